The van der Waals surface area contributed by atoms with Crippen molar-refractivity contribution in [3.05, 3.63) is 59.7 Å². The topological polar surface area (TPSA) is 108 Å². The number of primary sulfonamides is 1. The number of rotatable bonds is 9. The van der Waals surface area contributed by atoms with Gasteiger partial charge in [-0.25, -0.2) is 13.6 Å². The molecule has 2 aromatic carbocycles. The van der Waals surface area contributed by atoms with Crippen LogP contribution in [0.5, 0.6) is 5.75 Å². The Kier molecular flexibility index (Phi) is 7.35. The number of sulfonamides is 1. The van der Waals surface area contributed by atoms with Crippen molar-refractivity contribution in [2.75, 3.05) is 20.3 Å². The number of methoxy groups -OCH3 is 1. The van der Waals surface area contributed by atoms with Crippen LogP contribution in [0.15, 0.2) is 53.4 Å². The van der Waals surface area contributed by atoms with Gasteiger partial charge >= 0.3 is 0 Å². The second kappa shape index (κ2) is 9.50. The first-order valence-electron chi connectivity index (χ1n) is 8.48. The lowest BCUT2D eigenvalue weighted by molar-refractivity contribution is 0.0635. The highest BCUT2D eigenvalue weighted by Crippen LogP contribution is 2.22. The van der Waals surface area contributed by atoms with Crippen LogP contribution in [0.1, 0.15) is 35.4 Å². The number of carbonyl (C=O) groups is 1. The van der Waals surface area contributed by atoms with E-state index in [9.17, 15) is 13.2 Å². The lowest BCUT2D eigenvalue weighted by atomic mass is 10.1. The molecule has 0 aliphatic heterocycles. The van der Waals surface area contributed by atoms with Crippen LogP contribution >= 0.6 is 0 Å². The highest BCUT2D eigenvalue weighted by atomic mass is 32.2. The van der Waals surface area contributed by atoms with Gasteiger partial charge in [0.15, 0.2) is 0 Å². The van der Waals surface area contributed by atoms with Crippen molar-refractivity contribution in [3.63, 3.8) is 0 Å². The van der Waals surface area contributed by atoms with Gasteiger partial charge in [0.1, 0.15) is 5.75 Å². The van der Waals surface area contributed by atoms with Crippen molar-refractivity contribution in [1.82, 2.24) is 5.32 Å². The third-order valence-corrected chi connectivity index (χ3v) is 4.90. The van der Waals surface area contributed by atoms with Gasteiger partial charge in [-0.15, -0.1) is 0 Å². The fourth-order valence-electron chi connectivity index (χ4n) is 2.49. The van der Waals surface area contributed by atoms with E-state index in [0.29, 0.717) is 19.6 Å². The average Bonchev–Trinajstić information content (AvgIpc) is 2.66. The Morgan fingerprint density at radius 2 is 1.89 bits per heavy atom. The first kappa shape index (κ1) is 20.9. The van der Waals surface area contributed by atoms with E-state index in [4.69, 9.17) is 14.6 Å². The van der Waals surface area contributed by atoms with Crippen molar-refractivity contribution in [2.45, 2.75) is 24.3 Å². The zero-order valence-electron chi connectivity index (χ0n) is 15.3. The van der Waals surface area contributed by atoms with Crippen LogP contribution in [0.4, 0.5) is 0 Å². The second-order valence-corrected chi connectivity index (χ2v) is 7.50. The maximum Gasteiger partial charge on any atom is 0.255 e. The van der Waals surface area contributed by atoms with Gasteiger partial charge in [0.2, 0.25) is 10.0 Å². The normalized spacial score (nSPS) is 12.4. The summed E-state index contributed by atoms with van der Waals surface area (Å²) in [6, 6.07) is 13.8. The Morgan fingerprint density at radius 3 is 2.52 bits per heavy atom. The minimum absolute atomic E-state index is 0.0339. The van der Waals surface area contributed by atoms with Crippen LogP contribution in [-0.4, -0.2) is 34.6 Å². The Balaban J connectivity index is 1.87. The minimum Gasteiger partial charge on any atom is -0.496 e. The molecule has 0 aliphatic carbocycles. The third kappa shape index (κ3) is 6.06. The SMILES string of the molecule is COc1ccc(S(N)(=O)=O)cc1C(=O)NCCCOC(C)c1ccccc1. The average molecular weight is 392 g/mol. The molecule has 0 bridgehead atoms. The minimum atomic E-state index is -3.90. The number of ether oxygens (including phenoxy) is 2. The fourth-order valence-corrected chi connectivity index (χ4v) is 3.03. The molecule has 1 amide bonds. The number of hydrogen-bond acceptors (Lipinski definition) is 5. The number of benzene rings is 2. The maximum absolute atomic E-state index is 12.4. The van der Waals surface area contributed by atoms with Gasteiger partial charge in [-0.2, -0.15) is 0 Å². The van der Waals surface area contributed by atoms with Crippen molar-refractivity contribution >= 4 is 15.9 Å². The van der Waals surface area contributed by atoms with Gasteiger partial charge in [-0.05, 0) is 37.1 Å². The zero-order chi connectivity index (χ0) is 19.9. The van der Waals surface area contributed by atoms with Gasteiger partial charge in [0.05, 0.1) is 23.7 Å². The molecular formula is C19H24N2O5S. The molecule has 0 saturated heterocycles. The van der Waals surface area contributed by atoms with Crippen LogP contribution in [0.3, 0.4) is 0 Å². The van der Waals surface area contributed by atoms with E-state index in [-0.39, 0.29) is 22.3 Å². The molecule has 0 fully saturated rings. The van der Waals surface area contributed by atoms with Gasteiger partial charge in [-0.1, -0.05) is 30.3 Å². The monoisotopic (exact) mass is 392 g/mol. The van der Waals surface area contributed by atoms with E-state index in [1.54, 1.807) is 0 Å². The molecule has 0 heterocycles. The quantitative estimate of drug-likeness (QED) is 0.636. The van der Waals surface area contributed by atoms with Gasteiger partial charge in [0.25, 0.3) is 5.91 Å². The molecule has 0 aromatic heterocycles. The van der Waals surface area contributed by atoms with Crippen molar-refractivity contribution in [2.24, 2.45) is 5.14 Å². The largest absolute Gasteiger partial charge is 0.496 e. The molecule has 0 spiro atoms. The summed E-state index contributed by atoms with van der Waals surface area (Å²) in [5.41, 5.74) is 1.20. The standard InChI is InChI=1S/C19H24N2O5S/c1-14(15-7-4-3-5-8-15)26-12-6-11-21-19(22)17-13-16(27(20,23)24)9-10-18(17)25-2/h3-5,7-10,13-14H,6,11-12H2,1-2H3,(H,21,22)(H2,20,23,24). The molecule has 0 saturated carbocycles. The highest BCUT2D eigenvalue weighted by molar-refractivity contribution is 7.89. The predicted octanol–water partition coefficient (Wildman–Crippen LogP) is 2.24. The molecule has 3 N–H and O–H groups in total. The molecule has 2 aromatic rings. The smallest absolute Gasteiger partial charge is 0.255 e. The molecular weight excluding hydrogens is 368 g/mol. The molecule has 146 valence electrons. The number of nitrogens with one attached hydrogen (secondary N) is 1. The van der Waals surface area contributed by atoms with E-state index < -0.39 is 15.9 Å². The van der Waals surface area contributed by atoms with Crippen LogP contribution in [0.25, 0.3) is 0 Å². The summed E-state index contributed by atoms with van der Waals surface area (Å²) in [5.74, 6) is -0.165. The van der Waals surface area contributed by atoms with Gasteiger partial charge in [0, 0.05) is 13.2 Å². The molecule has 2 rings (SSSR count). The summed E-state index contributed by atoms with van der Waals surface area (Å²) in [6.45, 7) is 2.82. The molecule has 0 aliphatic rings. The third-order valence-electron chi connectivity index (χ3n) is 3.99. The second-order valence-electron chi connectivity index (χ2n) is 5.94. The maximum atomic E-state index is 12.4. The Morgan fingerprint density at radius 1 is 1.19 bits per heavy atom. The van der Waals surface area contributed by atoms with E-state index >= 15 is 0 Å². The van der Waals surface area contributed by atoms with E-state index in [1.807, 2.05) is 37.3 Å². The zero-order valence-corrected chi connectivity index (χ0v) is 16.2. The van der Waals surface area contributed by atoms with E-state index in [2.05, 4.69) is 5.32 Å². The summed E-state index contributed by atoms with van der Waals surface area (Å²) < 4.78 is 33.8. The van der Waals surface area contributed by atoms with Crippen LogP contribution in [0, 0.1) is 0 Å². The summed E-state index contributed by atoms with van der Waals surface area (Å²) in [4.78, 5) is 12.2. The Hall–Kier alpha value is -2.42. The number of nitrogens with two attached hydrogens (primary N) is 1. The molecule has 27 heavy (non-hydrogen) atoms. The number of hydrogen-bond donors (Lipinski definition) is 2. The molecule has 8 heteroatoms. The number of carbonyl (C=O) groups excluding carboxylic acids is 1. The summed E-state index contributed by atoms with van der Waals surface area (Å²) in [7, 11) is -2.50. The van der Waals surface area contributed by atoms with Crippen molar-refractivity contribution < 1.29 is 22.7 Å². The predicted molar refractivity (Wildman–Crippen MR) is 102 cm³/mol. The molecule has 7 nitrogen and oxygen atoms in total. The first-order chi connectivity index (χ1) is 12.8. The highest BCUT2D eigenvalue weighted by Gasteiger charge is 2.17. The Bertz CT molecular complexity index is 869. The van der Waals surface area contributed by atoms with Crippen LogP contribution in [-0.2, 0) is 14.8 Å². The number of amides is 1. The Labute approximate surface area is 159 Å². The van der Waals surface area contributed by atoms with E-state index in [1.165, 1.54) is 25.3 Å². The lowest BCUT2D eigenvalue weighted by Gasteiger charge is -2.14. The molecule has 1 unspecified atom stereocenters. The summed E-state index contributed by atoms with van der Waals surface area (Å²) in [5, 5.41) is 7.85. The van der Waals surface area contributed by atoms with Crippen molar-refractivity contribution in [1.29, 1.82) is 0 Å². The fraction of sp³-hybridized carbons (Fsp3) is 0.316. The first-order valence-corrected chi connectivity index (χ1v) is 10.0. The van der Waals surface area contributed by atoms with Gasteiger partial charge < -0.3 is 14.8 Å². The van der Waals surface area contributed by atoms with Crippen LogP contribution < -0.4 is 15.2 Å². The summed E-state index contributed by atoms with van der Waals surface area (Å²) >= 11 is 0. The van der Waals surface area contributed by atoms with Crippen molar-refractivity contribution in [3.8, 4) is 5.75 Å². The van der Waals surface area contributed by atoms with E-state index in [0.717, 1.165) is 5.56 Å². The molecule has 0 radical (unpaired) electrons. The molecule has 1 atom stereocenters. The van der Waals surface area contributed by atoms with Crippen LogP contribution in [0.2, 0.25) is 0 Å². The summed E-state index contributed by atoms with van der Waals surface area (Å²) in [6.07, 6.45) is 0.577. The lowest BCUT2D eigenvalue weighted by Crippen LogP contribution is -2.26. The van der Waals surface area contributed by atoms with Gasteiger partial charge in [-0.3, -0.25) is 4.79 Å².